The van der Waals surface area contributed by atoms with Gasteiger partial charge in [-0.1, -0.05) is 12.1 Å². The van der Waals surface area contributed by atoms with Crippen LogP contribution in [0.2, 0.25) is 0 Å². The van der Waals surface area contributed by atoms with Gasteiger partial charge in [0.25, 0.3) is 0 Å². The van der Waals surface area contributed by atoms with Gasteiger partial charge in [0, 0.05) is 31.2 Å². The zero-order valence-corrected chi connectivity index (χ0v) is 15.5. The lowest BCUT2D eigenvalue weighted by Crippen LogP contribution is -2.49. The summed E-state index contributed by atoms with van der Waals surface area (Å²) < 4.78 is 20.9. The normalized spacial score (nSPS) is 17.4. The smallest absolute Gasteiger partial charge is 0.242 e. The fraction of sp³-hybridized carbons (Fsp3) is 0.238. The molecule has 4 rings (SSSR count). The Bertz CT molecular complexity index is 971. The number of methoxy groups -OCH3 is 1. The molecule has 1 atom stereocenters. The maximum absolute atomic E-state index is 13.7. The van der Waals surface area contributed by atoms with Crippen molar-refractivity contribution >= 4 is 5.91 Å². The molecule has 3 aromatic rings. The summed E-state index contributed by atoms with van der Waals surface area (Å²) in [6.07, 6.45) is 3.62. The van der Waals surface area contributed by atoms with Gasteiger partial charge in [0.15, 0.2) is 0 Å². The molecule has 1 N–H and O–H groups in total. The summed E-state index contributed by atoms with van der Waals surface area (Å²) in [7, 11) is 1.63. The summed E-state index contributed by atoms with van der Waals surface area (Å²) in [6, 6.07) is 13.3. The van der Waals surface area contributed by atoms with Gasteiger partial charge in [0.05, 0.1) is 13.7 Å². The van der Waals surface area contributed by atoms with E-state index < -0.39 is 6.04 Å². The Morgan fingerprint density at radius 1 is 1.25 bits per heavy atom. The van der Waals surface area contributed by atoms with Crippen molar-refractivity contribution in [2.24, 2.45) is 0 Å². The monoisotopic (exact) mass is 380 g/mol. The van der Waals surface area contributed by atoms with Crippen LogP contribution in [-0.2, 0) is 11.3 Å². The van der Waals surface area contributed by atoms with E-state index in [1.165, 1.54) is 12.1 Å². The van der Waals surface area contributed by atoms with Crippen molar-refractivity contribution in [3.63, 3.8) is 0 Å². The van der Waals surface area contributed by atoms with Crippen LogP contribution in [0.15, 0.2) is 60.9 Å². The average Bonchev–Trinajstić information content (AvgIpc) is 3.16. The minimum Gasteiger partial charge on any atom is -0.497 e. The number of ether oxygens (including phenoxy) is 1. The lowest BCUT2D eigenvalue weighted by molar-refractivity contribution is -0.129. The van der Waals surface area contributed by atoms with Crippen molar-refractivity contribution in [2.75, 3.05) is 20.2 Å². The van der Waals surface area contributed by atoms with Crippen LogP contribution in [0.25, 0.3) is 5.69 Å². The fourth-order valence-electron chi connectivity index (χ4n) is 3.53. The highest BCUT2D eigenvalue weighted by Crippen LogP contribution is 2.26. The first-order valence-electron chi connectivity index (χ1n) is 9.09. The zero-order chi connectivity index (χ0) is 19.5. The third-order valence-corrected chi connectivity index (χ3v) is 4.89. The minimum absolute atomic E-state index is 0.126. The molecule has 1 saturated heterocycles. The van der Waals surface area contributed by atoms with Gasteiger partial charge in [0.2, 0.25) is 5.91 Å². The molecule has 0 bridgehead atoms. The summed E-state index contributed by atoms with van der Waals surface area (Å²) in [4.78, 5) is 19.1. The first kappa shape index (κ1) is 18.2. The Hall–Kier alpha value is -3.19. The zero-order valence-electron chi connectivity index (χ0n) is 15.5. The summed E-state index contributed by atoms with van der Waals surface area (Å²) >= 11 is 0. The van der Waals surface area contributed by atoms with Crippen LogP contribution in [0.1, 0.15) is 17.4 Å². The van der Waals surface area contributed by atoms with Crippen LogP contribution in [0.5, 0.6) is 5.75 Å². The van der Waals surface area contributed by atoms with Gasteiger partial charge >= 0.3 is 0 Å². The molecule has 7 heteroatoms. The van der Waals surface area contributed by atoms with E-state index in [4.69, 9.17) is 4.74 Å². The lowest BCUT2D eigenvalue weighted by Gasteiger charge is -2.35. The SMILES string of the molecule is COc1ccc(-n2ccnc2CN2CCNC(=O)[C@H]2c2cccc(F)c2)cc1. The van der Waals surface area contributed by atoms with Crippen LogP contribution < -0.4 is 10.1 Å². The number of nitrogens with zero attached hydrogens (tertiary/aromatic N) is 3. The third-order valence-electron chi connectivity index (χ3n) is 4.89. The molecule has 0 aliphatic carbocycles. The Morgan fingerprint density at radius 3 is 2.82 bits per heavy atom. The minimum atomic E-state index is -0.550. The number of carbonyl (C=O) groups is 1. The van der Waals surface area contributed by atoms with Crippen molar-refractivity contribution < 1.29 is 13.9 Å². The number of nitrogens with one attached hydrogen (secondary N) is 1. The Kier molecular flexibility index (Phi) is 5.08. The summed E-state index contributed by atoms with van der Waals surface area (Å²) in [5.74, 6) is 1.11. The van der Waals surface area contributed by atoms with E-state index in [9.17, 15) is 9.18 Å². The molecular formula is C21H21FN4O2. The van der Waals surface area contributed by atoms with Gasteiger partial charge in [-0.3, -0.25) is 9.69 Å². The van der Waals surface area contributed by atoms with Crippen molar-refractivity contribution in [3.8, 4) is 11.4 Å². The van der Waals surface area contributed by atoms with E-state index in [0.717, 1.165) is 17.3 Å². The van der Waals surface area contributed by atoms with Gasteiger partial charge in [-0.05, 0) is 42.0 Å². The van der Waals surface area contributed by atoms with Crippen LogP contribution in [0.3, 0.4) is 0 Å². The number of benzene rings is 2. The summed E-state index contributed by atoms with van der Waals surface area (Å²) in [5.41, 5.74) is 1.59. The summed E-state index contributed by atoms with van der Waals surface area (Å²) in [6.45, 7) is 1.67. The first-order valence-corrected chi connectivity index (χ1v) is 9.09. The largest absolute Gasteiger partial charge is 0.497 e. The predicted octanol–water partition coefficient (Wildman–Crippen LogP) is 2.69. The molecule has 1 amide bonds. The number of amides is 1. The van der Waals surface area contributed by atoms with Crippen molar-refractivity contribution in [2.45, 2.75) is 12.6 Å². The molecule has 1 aliphatic heterocycles. The first-order chi connectivity index (χ1) is 13.7. The number of hydrogen-bond acceptors (Lipinski definition) is 4. The highest BCUT2D eigenvalue weighted by Gasteiger charge is 2.32. The lowest BCUT2D eigenvalue weighted by atomic mass is 10.0. The Labute approximate surface area is 162 Å². The average molecular weight is 380 g/mol. The van der Waals surface area contributed by atoms with Crippen molar-refractivity contribution in [3.05, 3.63) is 78.1 Å². The summed E-state index contributed by atoms with van der Waals surface area (Å²) in [5, 5.41) is 2.87. The Balaban J connectivity index is 1.62. The number of piperazine rings is 1. The van der Waals surface area contributed by atoms with Crippen LogP contribution in [-0.4, -0.2) is 40.6 Å². The molecular weight excluding hydrogens is 359 g/mol. The molecule has 0 spiro atoms. The molecule has 1 fully saturated rings. The molecule has 0 radical (unpaired) electrons. The molecule has 28 heavy (non-hydrogen) atoms. The Morgan fingerprint density at radius 2 is 2.07 bits per heavy atom. The van der Waals surface area contributed by atoms with E-state index in [0.29, 0.717) is 25.2 Å². The quantitative estimate of drug-likeness (QED) is 0.739. The molecule has 144 valence electrons. The van der Waals surface area contributed by atoms with Crippen LogP contribution in [0, 0.1) is 5.82 Å². The van der Waals surface area contributed by atoms with Crippen LogP contribution in [0.4, 0.5) is 4.39 Å². The van der Waals surface area contributed by atoms with E-state index >= 15 is 0 Å². The van der Waals surface area contributed by atoms with Crippen molar-refractivity contribution in [1.82, 2.24) is 19.8 Å². The molecule has 0 unspecified atom stereocenters. The number of aromatic nitrogens is 2. The second-order valence-electron chi connectivity index (χ2n) is 6.63. The molecule has 6 nitrogen and oxygen atoms in total. The third kappa shape index (κ3) is 3.61. The van der Waals surface area contributed by atoms with E-state index in [2.05, 4.69) is 10.3 Å². The maximum Gasteiger partial charge on any atom is 0.242 e. The van der Waals surface area contributed by atoms with Gasteiger partial charge in [0.1, 0.15) is 23.4 Å². The molecule has 2 aromatic carbocycles. The van der Waals surface area contributed by atoms with E-state index in [-0.39, 0.29) is 11.7 Å². The van der Waals surface area contributed by atoms with E-state index in [1.54, 1.807) is 25.4 Å². The maximum atomic E-state index is 13.7. The number of rotatable bonds is 5. The number of hydrogen-bond donors (Lipinski definition) is 1. The molecule has 1 aliphatic rings. The standard InChI is InChI=1S/C21H21FN4O2/c1-28-18-7-5-17(6-8-18)26-12-10-23-19(26)14-25-11-9-24-21(27)20(25)15-3-2-4-16(22)13-15/h2-8,10,12-13,20H,9,11,14H2,1H3,(H,24,27)/t20-/m1/s1. The van der Waals surface area contributed by atoms with Gasteiger partial charge in [-0.25, -0.2) is 9.37 Å². The number of halogens is 1. The fourth-order valence-corrected chi connectivity index (χ4v) is 3.53. The highest BCUT2D eigenvalue weighted by atomic mass is 19.1. The highest BCUT2D eigenvalue weighted by molar-refractivity contribution is 5.83. The molecule has 1 aromatic heterocycles. The number of imidazole rings is 1. The molecule has 2 heterocycles. The van der Waals surface area contributed by atoms with Gasteiger partial charge in [-0.15, -0.1) is 0 Å². The van der Waals surface area contributed by atoms with Gasteiger partial charge < -0.3 is 14.6 Å². The van der Waals surface area contributed by atoms with E-state index in [1.807, 2.05) is 39.9 Å². The predicted molar refractivity (Wildman–Crippen MR) is 103 cm³/mol. The second kappa shape index (κ2) is 7.82. The molecule has 0 saturated carbocycles. The number of carbonyl (C=O) groups excluding carboxylic acids is 1. The van der Waals surface area contributed by atoms with Crippen molar-refractivity contribution in [1.29, 1.82) is 0 Å². The topological polar surface area (TPSA) is 59.4 Å². The second-order valence-corrected chi connectivity index (χ2v) is 6.63. The van der Waals surface area contributed by atoms with Gasteiger partial charge in [-0.2, -0.15) is 0 Å². The van der Waals surface area contributed by atoms with Crippen LogP contribution >= 0.6 is 0 Å².